The number of aliphatic hydroxyl groups is 5. The van der Waals surface area contributed by atoms with Crippen LogP contribution in [0.4, 0.5) is 0 Å². The number of likely N-dealkylation sites (N-methyl/N-ethyl adjacent to an activating group) is 1. The third-order valence-electron chi connectivity index (χ3n) is 12.1. The van der Waals surface area contributed by atoms with Crippen molar-refractivity contribution in [2.24, 2.45) is 28.8 Å². The number of rotatable bonds is 8. The van der Waals surface area contributed by atoms with E-state index < -0.39 is 102 Å². The molecular formula is C38H70N2O13. The largest absolute Gasteiger partial charge is 0.459 e. The number of nitrogens with zero attached hydrogens (tertiary/aromatic N) is 2. The summed E-state index contributed by atoms with van der Waals surface area (Å²) >= 11 is 0. The number of cyclic esters (lactones) is 1. The van der Waals surface area contributed by atoms with E-state index in [0.29, 0.717) is 12.1 Å². The van der Waals surface area contributed by atoms with Gasteiger partial charge in [0.25, 0.3) is 0 Å². The number of hydrogen-bond acceptors (Lipinski definition) is 15. The summed E-state index contributed by atoms with van der Waals surface area (Å²) in [4.78, 5) is 21.3. The fourth-order valence-electron chi connectivity index (χ4n) is 8.70. The van der Waals surface area contributed by atoms with Gasteiger partial charge in [0.15, 0.2) is 12.6 Å². The predicted octanol–water partition coefficient (Wildman–Crippen LogP) is 2.22. The van der Waals surface area contributed by atoms with Crippen LogP contribution >= 0.6 is 0 Å². The molecule has 0 radical (unpaired) electrons. The molecule has 3 rings (SSSR count). The van der Waals surface area contributed by atoms with Crippen molar-refractivity contribution in [3.05, 3.63) is 0 Å². The lowest BCUT2D eigenvalue weighted by molar-refractivity contribution is -0.317. The Morgan fingerprint density at radius 2 is 1.53 bits per heavy atom. The second kappa shape index (κ2) is 18.2. The first-order valence-corrected chi connectivity index (χ1v) is 19.1. The molecule has 18 atom stereocenters. The molecular weight excluding hydrogens is 692 g/mol. The topological polar surface area (TPSA) is 198 Å². The van der Waals surface area contributed by atoms with E-state index in [1.54, 1.807) is 48.5 Å². The lowest BCUT2D eigenvalue weighted by Gasteiger charge is -2.49. The van der Waals surface area contributed by atoms with Crippen molar-refractivity contribution in [1.82, 2.24) is 4.90 Å². The van der Waals surface area contributed by atoms with E-state index in [0.717, 1.165) is 0 Å². The molecule has 5 N–H and O–H groups in total. The highest BCUT2D eigenvalue weighted by atomic mass is 16.7. The van der Waals surface area contributed by atoms with E-state index in [2.05, 4.69) is 5.16 Å². The first-order valence-electron chi connectivity index (χ1n) is 19.1. The molecule has 0 saturated carbocycles. The van der Waals surface area contributed by atoms with Gasteiger partial charge >= 0.3 is 5.97 Å². The SMILES string of the molecule is CCC1OC(=O)[C@H](C)C(O[C@H]2C[C@@](C)(OC)[C@@H](O)[C@H](C)O2)[C@H](C)[C@@H](O[C@@H]2O[C@H](C)C[C@H](N(C)C)[C@H]2O)[C@](C)(O)C[C@@H](C)/C(=N\OC)[C@H](C)[C@@H](O)[C@]1(C)O. The Bertz CT molecular complexity index is 1220. The third kappa shape index (κ3) is 10.1. The van der Waals surface area contributed by atoms with Gasteiger partial charge in [-0.25, -0.2) is 0 Å². The van der Waals surface area contributed by atoms with Gasteiger partial charge in [-0.1, -0.05) is 32.9 Å². The molecule has 0 spiro atoms. The van der Waals surface area contributed by atoms with Gasteiger partial charge in [-0.3, -0.25) is 4.79 Å². The van der Waals surface area contributed by atoms with Crippen LogP contribution in [0.5, 0.6) is 0 Å². The average Bonchev–Trinajstić information content (AvgIpc) is 3.08. The highest BCUT2D eigenvalue weighted by molar-refractivity contribution is 5.88. The maximum Gasteiger partial charge on any atom is 0.311 e. The number of esters is 1. The third-order valence-corrected chi connectivity index (χ3v) is 12.1. The molecule has 3 fully saturated rings. The number of ether oxygens (including phenoxy) is 6. The highest BCUT2D eigenvalue weighted by Crippen LogP contribution is 2.41. The Morgan fingerprint density at radius 3 is 2.08 bits per heavy atom. The van der Waals surface area contributed by atoms with Gasteiger partial charge in [0.2, 0.25) is 0 Å². The van der Waals surface area contributed by atoms with Crippen LogP contribution in [-0.4, -0.2) is 155 Å². The van der Waals surface area contributed by atoms with Crippen LogP contribution < -0.4 is 0 Å². The van der Waals surface area contributed by atoms with E-state index in [1.165, 1.54) is 21.1 Å². The van der Waals surface area contributed by atoms with Crippen molar-refractivity contribution >= 4 is 11.7 Å². The minimum Gasteiger partial charge on any atom is -0.459 e. The van der Waals surface area contributed by atoms with Crippen LogP contribution in [0.15, 0.2) is 5.16 Å². The number of aliphatic hydroxyl groups excluding tert-OH is 3. The Morgan fingerprint density at radius 1 is 0.906 bits per heavy atom. The normalized spacial score (nSPS) is 49.0. The first kappa shape index (κ1) is 45.9. The molecule has 3 saturated heterocycles. The molecule has 53 heavy (non-hydrogen) atoms. The summed E-state index contributed by atoms with van der Waals surface area (Å²) in [5.41, 5.74) is -4.30. The Labute approximate surface area is 316 Å². The first-order chi connectivity index (χ1) is 24.5. The van der Waals surface area contributed by atoms with Crippen molar-refractivity contribution in [3.8, 4) is 0 Å². The average molecular weight is 763 g/mol. The quantitative estimate of drug-likeness (QED) is 0.178. The summed E-state index contributed by atoms with van der Waals surface area (Å²) in [6.45, 7) is 17.0. The molecule has 15 heteroatoms. The minimum absolute atomic E-state index is 0.0204. The van der Waals surface area contributed by atoms with E-state index >= 15 is 0 Å². The van der Waals surface area contributed by atoms with Crippen LogP contribution in [0.3, 0.4) is 0 Å². The molecule has 0 amide bonds. The summed E-state index contributed by atoms with van der Waals surface area (Å²) in [6.07, 6.45) is -9.08. The van der Waals surface area contributed by atoms with Crippen molar-refractivity contribution in [3.63, 3.8) is 0 Å². The summed E-state index contributed by atoms with van der Waals surface area (Å²) in [6, 6.07) is -0.306. The zero-order valence-corrected chi connectivity index (χ0v) is 34.4. The van der Waals surface area contributed by atoms with Crippen LogP contribution in [-0.2, 0) is 38.1 Å². The standard InChI is InChI=1S/C38H70N2O13/c1-15-26-38(10,46)31(42)21(4)28(39-48-14)19(2)17-36(8,45)33(53-35-29(41)25(40(11)12)16-20(3)49-35)22(5)30(23(6)34(44)51-26)52-27-18-37(9,47-13)32(43)24(7)50-27/h19-27,29-33,35,41-43,45-46H,15-18H2,1-14H3/b39-28+/t19-,20-,21+,22+,23-,24+,25+,26?,27+,29-,30?,31-,32+,33-,35+,36-,37-,38-/m1/s1. The molecule has 0 aromatic carbocycles. The van der Waals surface area contributed by atoms with Gasteiger partial charge in [-0.05, 0) is 74.9 Å². The minimum atomic E-state index is -1.91. The monoisotopic (exact) mass is 762 g/mol. The lowest BCUT2D eigenvalue weighted by Crippen LogP contribution is -2.61. The maximum atomic E-state index is 14.2. The maximum absolute atomic E-state index is 14.2. The van der Waals surface area contributed by atoms with Gasteiger partial charge in [-0.2, -0.15) is 0 Å². The van der Waals surface area contributed by atoms with Crippen molar-refractivity contribution in [1.29, 1.82) is 0 Å². The van der Waals surface area contributed by atoms with Gasteiger partial charge < -0.3 is 63.7 Å². The van der Waals surface area contributed by atoms with E-state index in [-0.39, 0.29) is 31.4 Å². The molecule has 0 aromatic rings. The predicted molar refractivity (Wildman–Crippen MR) is 196 cm³/mol. The van der Waals surface area contributed by atoms with Crippen LogP contribution in [0.1, 0.15) is 94.9 Å². The van der Waals surface area contributed by atoms with Crippen molar-refractivity contribution < 1.29 is 63.6 Å². The molecule has 310 valence electrons. The van der Waals surface area contributed by atoms with Gasteiger partial charge in [-0.15, -0.1) is 0 Å². The Balaban J connectivity index is 2.23. The van der Waals surface area contributed by atoms with Crippen LogP contribution in [0, 0.1) is 23.7 Å². The van der Waals surface area contributed by atoms with Gasteiger partial charge in [0.1, 0.15) is 31.0 Å². The van der Waals surface area contributed by atoms with E-state index in [4.69, 9.17) is 33.3 Å². The zero-order valence-electron chi connectivity index (χ0n) is 34.4. The second-order valence-corrected chi connectivity index (χ2v) is 16.8. The number of carbonyl (C=O) groups excluding carboxylic acids is 1. The molecule has 0 bridgehead atoms. The summed E-state index contributed by atoms with van der Waals surface area (Å²) < 4.78 is 37.4. The lowest BCUT2D eigenvalue weighted by atomic mass is 9.73. The second-order valence-electron chi connectivity index (χ2n) is 16.8. The van der Waals surface area contributed by atoms with E-state index in [1.807, 2.05) is 32.8 Å². The smallest absolute Gasteiger partial charge is 0.311 e. The molecule has 3 aliphatic heterocycles. The fourth-order valence-corrected chi connectivity index (χ4v) is 8.70. The highest BCUT2D eigenvalue weighted by Gasteiger charge is 2.53. The van der Waals surface area contributed by atoms with Crippen LogP contribution in [0.2, 0.25) is 0 Å². The molecule has 3 aliphatic rings. The van der Waals surface area contributed by atoms with E-state index in [9.17, 15) is 30.3 Å². The molecule has 0 aliphatic carbocycles. The molecule has 0 aromatic heterocycles. The Kier molecular flexibility index (Phi) is 15.7. The number of hydrogen-bond donors (Lipinski definition) is 5. The number of oxime groups is 1. The number of carbonyl (C=O) groups is 1. The number of methoxy groups -OCH3 is 1. The van der Waals surface area contributed by atoms with Gasteiger partial charge in [0.05, 0.1) is 53.4 Å². The van der Waals surface area contributed by atoms with Crippen molar-refractivity contribution in [2.75, 3.05) is 28.3 Å². The fraction of sp³-hybridized carbons (Fsp3) is 0.947. The van der Waals surface area contributed by atoms with Crippen molar-refractivity contribution in [2.45, 2.75) is 179 Å². The molecule has 3 heterocycles. The molecule has 2 unspecified atom stereocenters. The zero-order chi connectivity index (χ0) is 40.4. The van der Waals surface area contributed by atoms with Crippen LogP contribution in [0.25, 0.3) is 0 Å². The molecule has 15 nitrogen and oxygen atoms in total. The van der Waals surface area contributed by atoms with Gasteiger partial charge in [0, 0.05) is 37.3 Å². The summed E-state index contributed by atoms with van der Waals surface area (Å²) in [5.74, 6) is -3.90. The Hall–Kier alpha value is -1.50. The summed E-state index contributed by atoms with van der Waals surface area (Å²) in [5, 5.41) is 62.8. The summed E-state index contributed by atoms with van der Waals surface area (Å²) in [7, 11) is 6.60.